The summed E-state index contributed by atoms with van der Waals surface area (Å²) < 4.78 is 0. The number of benzene rings is 1. The highest BCUT2D eigenvalue weighted by Gasteiger charge is 2.34. The van der Waals surface area contributed by atoms with Gasteiger partial charge in [-0.15, -0.1) is 11.3 Å². The number of anilines is 1. The van der Waals surface area contributed by atoms with Crippen molar-refractivity contribution in [2.24, 2.45) is 15.9 Å². The van der Waals surface area contributed by atoms with E-state index in [0.717, 1.165) is 4.88 Å². The van der Waals surface area contributed by atoms with Crippen LogP contribution in [0.25, 0.3) is 0 Å². The van der Waals surface area contributed by atoms with Gasteiger partial charge in [-0.25, -0.2) is 9.59 Å². The first-order valence-electron chi connectivity index (χ1n) is 8.52. The summed E-state index contributed by atoms with van der Waals surface area (Å²) in [4.78, 5) is 36.0. The Hall–Kier alpha value is -3.03. The number of carbonyl (C=O) groups is 2. The van der Waals surface area contributed by atoms with E-state index in [1.165, 1.54) is 16.2 Å². The van der Waals surface area contributed by atoms with E-state index >= 15 is 0 Å². The van der Waals surface area contributed by atoms with Crippen LogP contribution in [0, 0.1) is 5.92 Å². The van der Waals surface area contributed by atoms with Crippen molar-refractivity contribution in [3.8, 4) is 0 Å². The fraction of sp³-hybridized carbons (Fsp3) is 0.100. The molecule has 1 aliphatic carbocycles. The maximum Gasteiger partial charge on any atom is 0.349 e. The van der Waals surface area contributed by atoms with Gasteiger partial charge in [0.15, 0.2) is 0 Å². The van der Waals surface area contributed by atoms with E-state index in [4.69, 9.17) is 11.6 Å². The summed E-state index contributed by atoms with van der Waals surface area (Å²) >= 11 is 7.49. The summed E-state index contributed by atoms with van der Waals surface area (Å²) in [5.74, 6) is -0.00342. The molecule has 1 aliphatic heterocycles. The molecule has 4 rings (SSSR count). The maximum atomic E-state index is 12.6. The lowest BCUT2D eigenvalue weighted by Crippen LogP contribution is -2.46. The third-order valence-corrected chi connectivity index (χ3v) is 5.29. The Kier molecular flexibility index (Phi) is 5.18. The van der Waals surface area contributed by atoms with Gasteiger partial charge in [-0.05, 0) is 35.7 Å². The second kappa shape index (κ2) is 7.92. The van der Waals surface area contributed by atoms with Gasteiger partial charge in [0.05, 0.1) is 18.2 Å². The van der Waals surface area contributed by atoms with Crippen LogP contribution < -0.4 is 5.32 Å². The van der Waals surface area contributed by atoms with Gasteiger partial charge in [0, 0.05) is 15.6 Å². The molecule has 140 valence electrons. The first-order valence-corrected chi connectivity index (χ1v) is 9.78. The molecule has 4 amide bonds. The quantitative estimate of drug-likeness (QED) is 0.759. The highest BCUT2D eigenvalue weighted by Crippen LogP contribution is 2.24. The molecule has 1 atom stereocenters. The normalized spacial score (nSPS) is 19.5. The Morgan fingerprint density at radius 1 is 1.29 bits per heavy atom. The van der Waals surface area contributed by atoms with Gasteiger partial charge >= 0.3 is 12.1 Å². The van der Waals surface area contributed by atoms with Crippen LogP contribution in [-0.4, -0.2) is 28.5 Å². The van der Waals surface area contributed by atoms with Gasteiger partial charge in [0.1, 0.15) is 5.84 Å². The van der Waals surface area contributed by atoms with Gasteiger partial charge < -0.3 is 5.32 Å². The molecule has 1 N–H and O–H groups in total. The molecule has 1 aromatic carbocycles. The molecule has 2 heterocycles. The number of hydrogen-bond acceptors (Lipinski definition) is 3. The molecule has 0 saturated carbocycles. The van der Waals surface area contributed by atoms with Crippen LogP contribution >= 0.6 is 22.9 Å². The van der Waals surface area contributed by atoms with Crippen LogP contribution in [0.1, 0.15) is 4.88 Å². The van der Waals surface area contributed by atoms with Crippen LogP contribution in [0.15, 0.2) is 76.1 Å². The molecule has 28 heavy (non-hydrogen) atoms. The number of urea groups is 2. The molecule has 6 nitrogen and oxygen atoms in total. The predicted octanol–water partition coefficient (Wildman–Crippen LogP) is 5.15. The number of allylic oxidation sites excluding steroid dienone is 3. The Bertz CT molecular complexity index is 1040. The predicted molar refractivity (Wildman–Crippen MR) is 112 cm³/mol. The number of halogens is 1. The fourth-order valence-electron chi connectivity index (χ4n) is 2.95. The van der Waals surface area contributed by atoms with Crippen molar-refractivity contribution in [3.05, 3.63) is 76.0 Å². The summed E-state index contributed by atoms with van der Waals surface area (Å²) in [7, 11) is 0. The summed E-state index contributed by atoms with van der Waals surface area (Å²) in [5, 5.41) is 5.13. The number of nitrogens with zero attached hydrogens (tertiary/aromatic N) is 3. The van der Waals surface area contributed by atoms with Crippen molar-refractivity contribution in [3.63, 3.8) is 0 Å². The fourth-order valence-corrected chi connectivity index (χ4v) is 3.84. The lowest BCUT2D eigenvalue weighted by molar-refractivity contribution is 0.227. The first kappa shape index (κ1) is 18.3. The van der Waals surface area contributed by atoms with Crippen molar-refractivity contribution in [1.82, 2.24) is 4.90 Å². The summed E-state index contributed by atoms with van der Waals surface area (Å²) in [6.45, 7) is 0.310. The van der Waals surface area contributed by atoms with Crippen LogP contribution in [0.3, 0.4) is 0 Å². The monoisotopic (exact) mass is 410 g/mol. The molecular weight excluding hydrogens is 396 g/mol. The highest BCUT2D eigenvalue weighted by molar-refractivity contribution is 7.09. The van der Waals surface area contributed by atoms with E-state index in [2.05, 4.69) is 15.3 Å². The number of rotatable bonds is 3. The second-order valence-electron chi connectivity index (χ2n) is 6.12. The Labute approximate surface area is 170 Å². The van der Waals surface area contributed by atoms with Crippen molar-refractivity contribution in [1.29, 1.82) is 0 Å². The summed E-state index contributed by atoms with van der Waals surface area (Å²) in [6, 6.07) is 9.62. The molecule has 0 bridgehead atoms. The van der Waals surface area contributed by atoms with E-state index in [1.807, 2.05) is 29.7 Å². The van der Waals surface area contributed by atoms with Crippen LogP contribution in [-0.2, 0) is 6.54 Å². The van der Waals surface area contributed by atoms with E-state index in [-0.39, 0.29) is 5.92 Å². The van der Waals surface area contributed by atoms with Crippen molar-refractivity contribution < 1.29 is 9.59 Å². The Balaban J connectivity index is 1.66. The molecule has 1 aromatic heterocycles. The zero-order chi connectivity index (χ0) is 19.5. The molecule has 8 heteroatoms. The maximum absolute atomic E-state index is 12.6. The molecule has 1 unspecified atom stereocenters. The molecule has 2 aliphatic rings. The minimum Gasteiger partial charge on any atom is -0.306 e. The molecule has 0 spiro atoms. The van der Waals surface area contributed by atoms with Gasteiger partial charge in [-0.1, -0.05) is 42.0 Å². The smallest absolute Gasteiger partial charge is 0.306 e. The Morgan fingerprint density at radius 2 is 2.18 bits per heavy atom. The third-order valence-electron chi connectivity index (χ3n) is 4.20. The summed E-state index contributed by atoms with van der Waals surface area (Å²) in [6.07, 6.45) is 7.29. The average Bonchev–Trinajstić information content (AvgIpc) is 3.18. The number of aliphatic imine (C=N–C) groups is 2. The van der Waals surface area contributed by atoms with E-state index < -0.39 is 12.1 Å². The zero-order valence-electron chi connectivity index (χ0n) is 14.6. The van der Waals surface area contributed by atoms with Gasteiger partial charge in [-0.2, -0.15) is 9.98 Å². The number of carbonyl (C=O) groups excluding carboxylic acids is 2. The minimum atomic E-state index is -0.578. The number of amidine groups is 1. The molecule has 0 fully saturated rings. The van der Waals surface area contributed by atoms with Crippen LogP contribution in [0.2, 0.25) is 5.02 Å². The third kappa shape index (κ3) is 3.95. The summed E-state index contributed by atoms with van der Waals surface area (Å²) in [5.41, 5.74) is 1.10. The average molecular weight is 411 g/mol. The lowest BCUT2D eigenvalue weighted by Gasteiger charge is -2.31. The van der Waals surface area contributed by atoms with Crippen molar-refractivity contribution in [2.75, 3.05) is 5.32 Å². The topological polar surface area (TPSA) is 74.1 Å². The number of amides is 4. The van der Waals surface area contributed by atoms with E-state index in [0.29, 0.717) is 28.8 Å². The zero-order valence-corrected chi connectivity index (χ0v) is 16.2. The number of nitrogens with one attached hydrogen (secondary N) is 1. The molecule has 0 radical (unpaired) electrons. The molecule has 0 saturated heterocycles. The van der Waals surface area contributed by atoms with Crippen LogP contribution in [0.4, 0.5) is 15.3 Å². The van der Waals surface area contributed by atoms with E-state index in [1.54, 1.807) is 36.4 Å². The standard InChI is InChI=1S/C20H15ClN4O2S/c21-13-5-3-6-14(11-13)22-19(26)24-18-16-8-1-2-9-17(16)23-20(27)25(18)12-15-7-4-10-28-15/h1-11,16H,12H2,(H,22,26)/b24-18+. The van der Waals surface area contributed by atoms with Gasteiger partial charge in [-0.3, -0.25) is 4.90 Å². The first-order chi connectivity index (χ1) is 13.6. The highest BCUT2D eigenvalue weighted by atomic mass is 35.5. The number of hydrogen-bond donors (Lipinski definition) is 1. The number of thiophene rings is 1. The lowest BCUT2D eigenvalue weighted by atomic mass is 9.94. The second-order valence-corrected chi connectivity index (χ2v) is 7.59. The largest absolute Gasteiger partial charge is 0.349 e. The number of fused-ring (bicyclic) bond motifs is 1. The molecule has 2 aromatic rings. The Morgan fingerprint density at radius 3 is 2.96 bits per heavy atom. The SMILES string of the molecule is O=C(/N=C1\C2C=CC=CC2=NC(=O)N1Cc1cccs1)Nc1cccc(Cl)c1. The minimum absolute atomic E-state index is 0.310. The molecular formula is C20H15ClN4O2S. The van der Waals surface area contributed by atoms with Crippen LogP contribution in [0.5, 0.6) is 0 Å². The van der Waals surface area contributed by atoms with Crippen molar-refractivity contribution in [2.45, 2.75) is 6.54 Å². The van der Waals surface area contributed by atoms with Crippen molar-refractivity contribution >= 4 is 52.2 Å². The van der Waals surface area contributed by atoms with Gasteiger partial charge in [0.2, 0.25) is 0 Å². The van der Waals surface area contributed by atoms with Gasteiger partial charge in [0.25, 0.3) is 0 Å². The van der Waals surface area contributed by atoms with E-state index in [9.17, 15) is 9.59 Å².